The number of non-ortho nitro benzene ring substituents is 1. The normalized spacial score (nSPS) is 10.4. The minimum absolute atomic E-state index is 0.0551. The van der Waals surface area contributed by atoms with E-state index in [1.54, 1.807) is 6.07 Å². The van der Waals surface area contributed by atoms with E-state index in [2.05, 4.69) is 10.3 Å². The van der Waals surface area contributed by atoms with Crippen molar-refractivity contribution in [2.45, 2.75) is 6.61 Å². The highest BCUT2D eigenvalue weighted by Crippen LogP contribution is 2.30. The predicted octanol–water partition coefficient (Wildman–Crippen LogP) is 5.10. The summed E-state index contributed by atoms with van der Waals surface area (Å²) in [6, 6.07) is 14.8. The summed E-state index contributed by atoms with van der Waals surface area (Å²) in [5, 5.41) is 14.0. The molecule has 0 spiro atoms. The zero-order chi connectivity index (χ0) is 18.5. The molecule has 8 heteroatoms. The quantitative estimate of drug-likeness (QED) is 0.369. The summed E-state index contributed by atoms with van der Waals surface area (Å²) in [5.41, 5.74) is 1.09. The van der Waals surface area contributed by atoms with Crippen LogP contribution in [0.5, 0.6) is 5.75 Å². The van der Waals surface area contributed by atoms with Crippen molar-refractivity contribution < 1.29 is 14.1 Å². The van der Waals surface area contributed by atoms with Gasteiger partial charge in [0, 0.05) is 23.9 Å². The molecule has 6 nitrogen and oxygen atoms in total. The van der Waals surface area contributed by atoms with E-state index < -0.39 is 10.7 Å². The molecule has 0 fully saturated rings. The molecular weight excluding hydrogens is 361 g/mol. The molecule has 0 aliphatic rings. The summed E-state index contributed by atoms with van der Waals surface area (Å²) in [4.78, 5) is 14.2. The average molecular weight is 374 g/mol. The molecule has 1 heterocycles. The summed E-state index contributed by atoms with van der Waals surface area (Å²) in [7, 11) is 0. The molecule has 0 aliphatic carbocycles. The van der Waals surface area contributed by atoms with Crippen LogP contribution in [0.15, 0.2) is 60.8 Å². The molecule has 0 unspecified atom stereocenters. The van der Waals surface area contributed by atoms with Gasteiger partial charge in [-0.3, -0.25) is 10.1 Å². The van der Waals surface area contributed by atoms with Gasteiger partial charge in [0.1, 0.15) is 17.5 Å². The minimum atomic E-state index is -0.632. The standard InChI is InChI=1S/C18H13ClFN3O3/c19-18-9-17(16(20)10-21-18)22-13-6-14(23(24)25)8-15(7-13)26-11-12-4-2-1-3-5-12/h1-10H,11H2,(H,21,22). The number of anilines is 2. The third-order valence-electron chi connectivity index (χ3n) is 3.45. The number of nitrogens with zero attached hydrogens (tertiary/aromatic N) is 2. The lowest BCUT2D eigenvalue weighted by atomic mass is 10.2. The fourth-order valence-electron chi connectivity index (χ4n) is 2.25. The van der Waals surface area contributed by atoms with Crippen molar-refractivity contribution in [1.29, 1.82) is 0 Å². The van der Waals surface area contributed by atoms with Crippen LogP contribution in [-0.4, -0.2) is 9.91 Å². The summed E-state index contributed by atoms with van der Waals surface area (Å²) in [5.74, 6) is -0.348. The maximum atomic E-state index is 13.8. The van der Waals surface area contributed by atoms with Crippen molar-refractivity contribution in [2.24, 2.45) is 0 Å². The van der Waals surface area contributed by atoms with Crippen LogP contribution in [0.1, 0.15) is 5.56 Å². The predicted molar refractivity (Wildman–Crippen MR) is 96.4 cm³/mol. The van der Waals surface area contributed by atoms with E-state index in [0.717, 1.165) is 11.8 Å². The van der Waals surface area contributed by atoms with Crippen LogP contribution in [-0.2, 0) is 6.61 Å². The Kier molecular flexibility index (Phi) is 5.28. The van der Waals surface area contributed by atoms with E-state index in [0.29, 0.717) is 5.69 Å². The van der Waals surface area contributed by atoms with Gasteiger partial charge >= 0.3 is 0 Å². The van der Waals surface area contributed by atoms with Crippen LogP contribution >= 0.6 is 11.6 Å². The lowest BCUT2D eigenvalue weighted by molar-refractivity contribution is -0.384. The van der Waals surface area contributed by atoms with Crippen molar-refractivity contribution in [3.63, 3.8) is 0 Å². The van der Waals surface area contributed by atoms with E-state index in [4.69, 9.17) is 16.3 Å². The summed E-state index contributed by atoms with van der Waals surface area (Å²) in [6.07, 6.45) is 0.967. The van der Waals surface area contributed by atoms with E-state index >= 15 is 0 Å². The van der Waals surface area contributed by atoms with Gasteiger partial charge in [0.15, 0.2) is 5.82 Å². The molecule has 3 aromatic rings. The number of halogens is 2. The Hall–Kier alpha value is -3.19. The molecule has 0 bridgehead atoms. The number of hydrogen-bond acceptors (Lipinski definition) is 5. The van der Waals surface area contributed by atoms with Gasteiger partial charge in [0.2, 0.25) is 0 Å². The summed E-state index contributed by atoms with van der Waals surface area (Å²) >= 11 is 5.76. The van der Waals surface area contributed by atoms with Gasteiger partial charge in [0.25, 0.3) is 5.69 Å². The Morgan fingerprint density at radius 2 is 1.96 bits per heavy atom. The number of aromatic nitrogens is 1. The molecule has 0 saturated carbocycles. The average Bonchev–Trinajstić information content (AvgIpc) is 2.64. The molecular formula is C18H13ClFN3O3. The third-order valence-corrected chi connectivity index (χ3v) is 3.66. The fourth-order valence-corrected chi connectivity index (χ4v) is 2.41. The van der Waals surface area contributed by atoms with Gasteiger partial charge in [-0.15, -0.1) is 0 Å². The second kappa shape index (κ2) is 7.79. The molecule has 0 atom stereocenters. The fraction of sp³-hybridized carbons (Fsp3) is 0.0556. The zero-order valence-corrected chi connectivity index (χ0v) is 14.1. The SMILES string of the molecule is O=[N+]([O-])c1cc(Nc2cc(Cl)ncc2F)cc(OCc2ccccc2)c1. The molecule has 0 aliphatic heterocycles. The third kappa shape index (κ3) is 4.46. The Morgan fingerprint density at radius 1 is 1.19 bits per heavy atom. The van der Waals surface area contributed by atoms with Gasteiger partial charge in [-0.2, -0.15) is 0 Å². The van der Waals surface area contributed by atoms with E-state index in [9.17, 15) is 14.5 Å². The van der Waals surface area contributed by atoms with Gasteiger partial charge < -0.3 is 10.1 Å². The molecule has 1 aromatic heterocycles. The van der Waals surface area contributed by atoms with Gasteiger partial charge in [-0.05, 0) is 5.56 Å². The minimum Gasteiger partial charge on any atom is -0.489 e. The zero-order valence-electron chi connectivity index (χ0n) is 13.4. The van der Waals surface area contributed by atoms with Crippen LogP contribution in [0.4, 0.5) is 21.5 Å². The van der Waals surface area contributed by atoms with Crippen molar-refractivity contribution in [3.8, 4) is 5.75 Å². The summed E-state index contributed by atoms with van der Waals surface area (Å²) < 4.78 is 19.5. The number of nitro groups is 1. The molecule has 1 N–H and O–H groups in total. The smallest absolute Gasteiger partial charge is 0.275 e. The maximum absolute atomic E-state index is 13.8. The highest BCUT2D eigenvalue weighted by atomic mass is 35.5. The Labute approximate surface area is 153 Å². The lowest BCUT2D eigenvalue weighted by Crippen LogP contribution is -2.00. The highest BCUT2D eigenvalue weighted by Gasteiger charge is 2.13. The van der Waals surface area contributed by atoms with E-state index in [1.807, 2.05) is 30.3 Å². The monoisotopic (exact) mass is 373 g/mol. The number of hydrogen-bond donors (Lipinski definition) is 1. The maximum Gasteiger partial charge on any atom is 0.275 e. The number of ether oxygens (including phenoxy) is 1. The van der Waals surface area contributed by atoms with Gasteiger partial charge in [0.05, 0.1) is 22.9 Å². The number of rotatable bonds is 6. The first-order valence-electron chi connectivity index (χ1n) is 7.55. The second-order valence-corrected chi connectivity index (χ2v) is 5.75. The van der Waals surface area contributed by atoms with Crippen LogP contribution in [0, 0.1) is 15.9 Å². The highest BCUT2D eigenvalue weighted by molar-refractivity contribution is 6.29. The molecule has 0 amide bonds. The number of nitro benzene ring substituents is 1. The molecule has 0 saturated heterocycles. The summed E-state index contributed by atoms with van der Waals surface area (Å²) in [6.45, 7) is 0.247. The van der Waals surface area contributed by atoms with Crippen LogP contribution in [0.3, 0.4) is 0 Å². The molecule has 0 radical (unpaired) electrons. The number of pyridine rings is 1. The van der Waals surface area contributed by atoms with Crippen molar-refractivity contribution in [3.05, 3.63) is 87.4 Å². The van der Waals surface area contributed by atoms with Crippen molar-refractivity contribution in [2.75, 3.05) is 5.32 Å². The van der Waals surface area contributed by atoms with Crippen molar-refractivity contribution in [1.82, 2.24) is 4.98 Å². The van der Waals surface area contributed by atoms with Crippen LogP contribution < -0.4 is 10.1 Å². The molecule has 132 valence electrons. The van der Waals surface area contributed by atoms with Gasteiger partial charge in [-0.25, -0.2) is 9.37 Å². The Morgan fingerprint density at radius 3 is 2.69 bits per heavy atom. The Balaban J connectivity index is 1.86. The van der Waals surface area contributed by atoms with Crippen LogP contribution in [0.25, 0.3) is 0 Å². The molecule has 26 heavy (non-hydrogen) atoms. The van der Waals surface area contributed by atoms with E-state index in [1.165, 1.54) is 18.2 Å². The first kappa shape index (κ1) is 17.6. The first-order chi connectivity index (χ1) is 12.5. The second-order valence-electron chi connectivity index (χ2n) is 5.36. The molecule has 3 rings (SSSR count). The topological polar surface area (TPSA) is 77.3 Å². The van der Waals surface area contributed by atoms with Crippen molar-refractivity contribution >= 4 is 28.7 Å². The van der Waals surface area contributed by atoms with Gasteiger partial charge in [-0.1, -0.05) is 41.9 Å². The number of nitrogens with one attached hydrogen (secondary N) is 1. The van der Waals surface area contributed by atoms with Crippen LogP contribution in [0.2, 0.25) is 5.15 Å². The first-order valence-corrected chi connectivity index (χ1v) is 7.93. The lowest BCUT2D eigenvalue weighted by Gasteiger charge is -2.11. The van der Waals surface area contributed by atoms with E-state index in [-0.39, 0.29) is 28.9 Å². The molecule has 2 aromatic carbocycles. The number of benzene rings is 2. The Bertz CT molecular complexity index is 938. The largest absolute Gasteiger partial charge is 0.489 e.